The van der Waals surface area contributed by atoms with E-state index in [4.69, 9.17) is 16.6 Å². The molecule has 0 fully saturated rings. The molecule has 0 bridgehead atoms. The van der Waals surface area contributed by atoms with Crippen LogP contribution in [0.5, 0.6) is 5.75 Å². The summed E-state index contributed by atoms with van der Waals surface area (Å²) in [6.45, 7) is 12.8. The van der Waals surface area contributed by atoms with Crippen LogP contribution in [0.1, 0.15) is 59.2 Å². The van der Waals surface area contributed by atoms with E-state index in [0.29, 0.717) is 10.7 Å². The first kappa shape index (κ1) is 20.9. The van der Waals surface area contributed by atoms with Crippen LogP contribution in [0.25, 0.3) is 17.3 Å². The predicted molar refractivity (Wildman–Crippen MR) is 117 cm³/mol. The lowest BCUT2D eigenvalue weighted by Gasteiger charge is -2.23. The van der Waals surface area contributed by atoms with E-state index in [1.165, 1.54) is 0 Å². The highest BCUT2D eigenvalue weighted by molar-refractivity contribution is 7.28. The van der Waals surface area contributed by atoms with Crippen molar-refractivity contribution in [1.29, 1.82) is 0 Å². The van der Waals surface area contributed by atoms with Crippen molar-refractivity contribution in [3.05, 3.63) is 46.6 Å². The number of hydrogen-bond donors (Lipinski definition) is 1. The lowest BCUT2D eigenvalue weighted by molar-refractivity contribution is 0.442. The minimum atomic E-state index is -0.194. The summed E-state index contributed by atoms with van der Waals surface area (Å²) in [7, 11) is 2.65. The van der Waals surface area contributed by atoms with E-state index in [1.54, 1.807) is 0 Å². The van der Waals surface area contributed by atoms with Crippen LogP contribution < -0.4 is 5.30 Å². The van der Waals surface area contributed by atoms with Crippen molar-refractivity contribution in [2.45, 2.75) is 53.4 Å². The Morgan fingerprint density at radius 2 is 1.81 bits per heavy atom. The first-order chi connectivity index (χ1) is 11.9. The number of hydrogen-bond acceptors (Lipinski definition) is 2. The van der Waals surface area contributed by atoms with Gasteiger partial charge < -0.3 is 5.11 Å². The maximum Gasteiger partial charge on any atom is 0.144 e. The topological polar surface area (TPSA) is 33.1 Å². The molecule has 2 nitrogen and oxygen atoms in total. The van der Waals surface area contributed by atoms with Crippen LogP contribution in [0.2, 0.25) is 5.02 Å². The van der Waals surface area contributed by atoms with Crippen molar-refractivity contribution in [2.24, 2.45) is 5.41 Å². The molecule has 1 aromatic heterocycles. The second kappa shape index (κ2) is 7.71. The quantitative estimate of drug-likeness (QED) is 0.617. The highest BCUT2D eigenvalue weighted by Crippen LogP contribution is 2.37. The number of aromatic nitrogens is 1. The van der Waals surface area contributed by atoms with E-state index in [2.05, 4.69) is 56.9 Å². The number of pyridine rings is 1. The Balaban J connectivity index is 2.66. The third kappa shape index (κ3) is 4.87. The van der Waals surface area contributed by atoms with Gasteiger partial charge in [0.2, 0.25) is 0 Å². The van der Waals surface area contributed by atoms with Crippen molar-refractivity contribution >= 4 is 32.2 Å². The van der Waals surface area contributed by atoms with Crippen molar-refractivity contribution in [2.75, 3.05) is 0 Å². The number of aromatic hydroxyl groups is 1. The van der Waals surface area contributed by atoms with Gasteiger partial charge >= 0.3 is 0 Å². The molecule has 1 atom stereocenters. The second-order valence-corrected chi connectivity index (χ2v) is 9.48. The fourth-order valence-corrected chi connectivity index (χ4v) is 2.91. The number of allylic oxidation sites excluding steroid dienone is 1. The zero-order valence-corrected chi connectivity index (χ0v) is 18.4. The van der Waals surface area contributed by atoms with Gasteiger partial charge in [0.25, 0.3) is 0 Å². The summed E-state index contributed by atoms with van der Waals surface area (Å²) in [5.74, 6) is 0.254. The largest absolute Gasteiger partial charge is 0.505 e. The summed E-state index contributed by atoms with van der Waals surface area (Å²) < 4.78 is 0. The number of benzene rings is 1. The summed E-state index contributed by atoms with van der Waals surface area (Å²) >= 11 is 6.15. The van der Waals surface area contributed by atoms with Gasteiger partial charge in [0, 0.05) is 16.1 Å². The normalized spacial score (nSPS) is 12.8. The minimum absolute atomic E-state index is 0.0551. The molecule has 0 aliphatic heterocycles. The molecule has 1 heterocycles. The fraction of sp³-hybridized carbons (Fsp3) is 0.409. The molecule has 2 rings (SSSR count). The maximum atomic E-state index is 10.8. The molecule has 0 saturated carbocycles. The van der Waals surface area contributed by atoms with E-state index in [1.807, 2.05) is 30.3 Å². The van der Waals surface area contributed by atoms with Gasteiger partial charge in [0.15, 0.2) is 0 Å². The predicted octanol–water partition coefficient (Wildman–Crippen LogP) is 6.35. The first-order valence-corrected chi connectivity index (χ1v) is 9.89. The van der Waals surface area contributed by atoms with Crippen LogP contribution in [-0.2, 0) is 5.41 Å². The first-order valence-electron chi connectivity index (χ1n) is 8.94. The van der Waals surface area contributed by atoms with Gasteiger partial charge in [0.05, 0.1) is 5.69 Å². The van der Waals surface area contributed by atoms with E-state index in [9.17, 15) is 5.11 Å². The molecule has 4 heteroatoms. The molecule has 2 aromatic rings. The Hall–Kier alpha value is -1.37. The molecule has 0 radical (unpaired) electrons. The van der Waals surface area contributed by atoms with Crippen LogP contribution in [0.3, 0.4) is 0 Å². The van der Waals surface area contributed by atoms with Crippen LogP contribution in [0.4, 0.5) is 0 Å². The maximum absolute atomic E-state index is 10.8. The molecule has 0 amide bonds. The van der Waals surface area contributed by atoms with Crippen molar-refractivity contribution < 1.29 is 5.11 Å². The molecule has 0 aliphatic rings. The Morgan fingerprint density at radius 3 is 2.35 bits per heavy atom. The van der Waals surface area contributed by atoms with Crippen LogP contribution in [0.15, 0.2) is 30.3 Å². The molecule has 26 heavy (non-hydrogen) atoms. The van der Waals surface area contributed by atoms with Crippen molar-refractivity contribution in [1.82, 2.24) is 4.98 Å². The van der Waals surface area contributed by atoms with Gasteiger partial charge in [-0.3, -0.25) is 0 Å². The number of nitrogens with zero attached hydrogens (tertiary/aromatic N) is 1. The highest BCUT2D eigenvalue weighted by Gasteiger charge is 2.22. The third-order valence-corrected chi connectivity index (χ3v) is 5.73. The second-order valence-electron chi connectivity index (χ2n) is 8.45. The molecule has 0 saturated heterocycles. The Bertz CT molecular complexity index is 835. The third-order valence-electron chi connectivity index (χ3n) is 4.72. The summed E-state index contributed by atoms with van der Waals surface area (Å²) in [5, 5.41) is 12.5. The zero-order chi connectivity index (χ0) is 19.7. The monoisotopic (exact) mass is 389 g/mol. The Kier molecular flexibility index (Phi) is 6.20. The summed E-state index contributed by atoms with van der Waals surface area (Å²) in [6.07, 6.45) is 5.08. The lowest BCUT2D eigenvalue weighted by Crippen LogP contribution is -2.13. The van der Waals surface area contributed by atoms with Gasteiger partial charge in [-0.15, -0.1) is 9.24 Å². The van der Waals surface area contributed by atoms with Crippen LogP contribution >= 0.6 is 20.8 Å². The lowest BCUT2D eigenvalue weighted by atomic mass is 9.84. The van der Waals surface area contributed by atoms with E-state index in [-0.39, 0.29) is 16.6 Å². The van der Waals surface area contributed by atoms with E-state index >= 15 is 0 Å². The molecule has 0 aliphatic carbocycles. The molecule has 1 unspecified atom stereocenters. The highest BCUT2D eigenvalue weighted by atomic mass is 35.5. The van der Waals surface area contributed by atoms with Gasteiger partial charge in [-0.1, -0.05) is 65.3 Å². The Morgan fingerprint density at radius 1 is 1.15 bits per heavy atom. The average Bonchev–Trinajstić information content (AvgIpc) is 2.55. The smallest absolute Gasteiger partial charge is 0.144 e. The molecule has 1 aromatic carbocycles. The standard InChI is InChI=1S/C22H29ClNOP/c1-7-22(5,6)11-10-17-20(25)15(21(2,3)4)13-18(24-17)14-8-9-16(23)19(26)12-14/h8-13,25H,7,26H2,1-6H3/b11-10+. The number of rotatable bonds is 4. The van der Waals surface area contributed by atoms with Gasteiger partial charge in [0.1, 0.15) is 11.4 Å². The molecular weight excluding hydrogens is 361 g/mol. The van der Waals surface area contributed by atoms with Gasteiger partial charge in [-0.25, -0.2) is 4.98 Å². The van der Waals surface area contributed by atoms with Gasteiger partial charge in [-0.05, 0) is 46.8 Å². The van der Waals surface area contributed by atoms with E-state index in [0.717, 1.165) is 28.5 Å². The molecular formula is C22H29ClNOP. The van der Waals surface area contributed by atoms with E-state index < -0.39 is 0 Å². The van der Waals surface area contributed by atoms with Crippen molar-refractivity contribution in [3.63, 3.8) is 0 Å². The molecule has 140 valence electrons. The summed E-state index contributed by atoms with van der Waals surface area (Å²) in [6, 6.07) is 7.82. The minimum Gasteiger partial charge on any atom is -0.505 e. The van der Waals surface area contributed by atoms with Crippen LogP contribution in [0, 0.1) is 5.41 Å². The SMILES string of the molecule is CCC(C)(C)/C=C/c1nc(-c2ccc(Cl)c(P)c2)cc(C(C)(C)C)c1O. The molecule has 1 N–H and O–H groups in total. The fourth-order valence-electron chi connectivity index (χ4n) is 2.52. The van der Waals surface area contributed by atoms with Gasteiger partial charge in [-0.2, -0.15) is 0 Å². The summed E-state index contributed by atoms with van der Waals surface area (Å²) in [4.78, 5) is 4.74. The summed E-state index contributed by atoms with van der Waals surface area (Å²) in [5.41, 5.74) is 3.17. The van der Waals surface area contributed by atoms with Crippen molar-refractivity contribution in [3.8, 4) is 17.0 Å². The zero-order valence-electron chi connectivity index (χ0n) is 16.5. The van der Waals surface area contributed by atoms with Crippen LogP contribution in [-0.4, -0.2) is 10.1 Å². The molecule has 0 spiro atoms. The average molecular weight is 390 g/mol. The Labute approximate surface area is 164 Å². The number of halogens is 1.